The number of rotatable bonds is 5. The van der Waals surface area contributed by atoms with E-state index in [1.54, 1.807) is 12.1 Å². The van der Waals surface area contributed by atoms with E-state index in [-0.39, 0.29) is 36.1 Å². The van der Waals surface area contributed by atoms with Gasteiger partial charge in [0.15, 0.2) is 0 Å². The molecule has 0 aliphatic carbocycles. The molecule has 0 bridgehead atoms. The number of anilines is 2. The zero-order valence-electron chi connectivity index (χ0n) is 16.5. The van der Waals surface area contributed by atoms with Crippen LogP contribution in [-0.2, 0) is 19.6 Å². The van der Waals surface area contributed by atoms with Crippen LogP contribution in [0.15, 0.2) is 42.5 Å². The minimum absolute atomic E-state index is 0.103. The van der Waals surface area contributed by atoms with Gasteiger partial charge in [-0.3, -0.25) is 14.3 Å². The van der Waals surface area contributed by atoms with Gasteiger partial charge in [0.2, 0.25) is 15.9 Å². The Labute approximate surface area is 174 Å². The second-order valence-corrected chi connectivity index (χ2v) is 8.73. The molecule has 3 rings (SSSR count). The molecule has 0 radical (unpaired) electrons. The van der Waals surface area contributed by atoms with Gasteiger partial charge in [-0.25, -0.2) is 12.8 Å². The van der Waals surface area contributed by atoms with Crippen LogP contribution in [0.4, 0.5) is 15.8 Å². The highest BCUT2D eigenvalue weighted by atomic mass is 32.2. The molecule has 1 heterocycles. The third kappa shape index (κ3) is 5.55. The van der Waals surface area contributed by atoms with Crippen LogP contribution in [-0.4, -0.2) is 51.1 Å². The molecule has 1 aliphatic heterocycles. The molecule has 1 unspecified atom stereocenters. The van der Waals surface area contributed by atoms with Crippen LogP contribution in [0.5, 0.6) is 0 Å². The first kappa shape index (κ1) is 21.7. The number of ether oxygens (including phenoxy) is 1. The molecule has 2 aromatic carbocycles. The van der Waals surface area contributed by atoms with Crippen molar-refractivity contribution in [3.8, 4) is 0 Å². The lowest BCUT2D eigenvalue weighted by Crippen LogP contribution is -2.42. The van der Waals surface area contributed by atoms with E-state index in [1.165, 1.54) is 42.2 Å². The highest BCUT2D eigenvalue weighted by Crippen LogP contribution is 2.27. The van der Waals surface area contributed by atoms with Crippen LogP contribution >= 0.6 is 0 Å². The molecule has 2 amide bonds. The number of nitrogens with zero attached hydrogens (tertiary/aromatic N) is 1. The molecule has 160 valence electrons. The smallest absolute Gasteiger partial charge is 0.256 e. The molecular formula is C20H22FN3O5S. The van der Waals surface area contributed by atoms with Crippen molar-refractivity contribution >= 4 is 33.2 Å². The van der Waals surface area contributed by atoms with E-state index >= 15 is 0 Å². The Kier molecular flexibility index (Phi) is 6.37. The summed E-state index contributed by atoms with van der Waals surface area (Å²) in [5.41, 5.74) is 1.32. The second-order valence-electron chi connectivity index (χ2n) is 6.98. The molecule has 0 saturated carbocycles. The number of morpholine rings is 1. The van der Waals surface area contributed by atoms with Crippen molar-refractivity contribution < 1.29 is 27.1 Å². The van der Waals surface area contributed by atoms with Crippen molar-refractivity contribution in [2.24, 2.45) is 0 Å². The average Bonchev–Trinajstić information content (AvgIpc) is 2.68. The van der Waals surface area contributed by atoms with Crippen molar-refractivity contribution in [2.75, 3.05) is 36.0 Å². The van der Waals surface area contributed by atoms with Gasteiger partial charge in [-0.2, -0.15) is 0 Å². The van der Waals surface area contributed by atoms with Crippen LogP contribution in [0.1, 0.15) is 28.9 Å². The molecule has 2 N–H and O–H groups in total. The number of benzene rings is 2. The quantitative estimate of drug-likeness (QED) is 0.750. The van der Waals surface area contributed by atoms with Crippen molar-refractivity contribution in [1.82, 2.24) is 4.90 Å². The Morgan fingerprint density at radius 3 is 2.50 bits per heavy atom. The van der Waals surface area contributed by atoms with Crippen LogP contribution in [0.3, 0.4) is 0 Å². The lowest BCUT2D eigenvalue weighted by Gasteiger charge is -2.33. The third-order valence-corrected chi connectivity index (χ3v) is 5.05. The van der Waals surface area contributed by atoms with Crippen LogP contribution in [0.2, 0.25) is 0 Å². The standard InChI is InChI=1S/C20H22FN3O5S/c1-13(25)22-16-7-8-18(23-30(2,27)28)17(11-16)20(26)24-9-10-29-19(12-24)14-3-5-15(21)6-4-14/h3-8,11,19,23H,9-10,12H2,1-2H3,(H,22,25). The number of nitrogens with one attached hydrogen (secondary N) is 2. The lowest BCUT2D eigenvalue weighted by atomic mass is 10.1. The summed E-state index contributed by atoms with van der Waals surface area (Å²) in [6.45, 7) is 2.12. The largest absolute Gasteiger partial charge is 0.370 e. The fourth-order valence-corrected chi connectivity index (χ4v) is 3.75. The normalized spacial score (nSPS) is 16.8. The molecule has 1 saturated heterocycles. The van der Waals surface area contributed by atoms with E-state index in [9.17, 15) is 22.4 Å². The Morgan fingerprint density at radius 2 is 1.87 bits per heavy atom. The van der Waals surface area contributed by atoms with Crippen LogP contribution in [0.25, 0.3) is 0 Å². The van der Waals surface area contributed by atoms with Gasteiger partial charge in [-0.05, 0) is 35.9 Å². The number of hydrogen-bond donors (Lipinski definition) is 2. The Hall–Kier alpha value is -2.98. The first-order chi connectivity index (χ1) is 14.1. The summed E-state index contributed by atoms with van der Waals surface area (Å²) in [5, 5.41) is 2.59. The van der Waals surface area contributed by atoms with Crippen molar-refractivity contribution in [3.63, 3.8) is 0 Å². The molecule has 1 fully saturated rings. The van der Waals surface area contributed by atoms with E-state index in [4.69, 9.17) is 4.74 Å². The summed E-state index contributed by atoms with van der Waals surface area (Å²) in [7, 11) is -3.63. The minimum atomic E-state index is -3.63. The summed E-state index contributed by atoms with van der Waals surface area (Å²) in [6.07, 6.45) is 0.551. The summed E-state index contributed by atoms with van der Waals surface area (Å²) in [6, 6.07) is 10.2. The maximum Gasteiger partial charge on any atom is 0.256 e. The molecule has 30 heavy (non-hydrogen) atoms. The van der Waals surface area contributed by atoms with E-state index in [1.807, 2.05) is 0 Å². The maximum absolute atomic E-state index is 13.2. The zero-order valence-corrected chi connectivity index (χ0v) is 17.3. The molecule has 8 nitrogen and oxygen atoms in total. The van der Waals surface area contributed by atoms with Gasteiger partial charge in [0.05, 0.1) is 30.7 Å². The van der Waals surface area contributed by atoms with Gasteiger partial charge in [0, 0.05) is 19.2 Å². The summed E-state index contributed by atoms with van der Waals surface area (Å²) < 4.78 is 44.7. The fraction of sp³-hybridized carbons (Fsp3) is 0.300. The van der Waals surface area contributed by atoms with E-state index in [2.05, 4.69) is 10.0 Å². The van der Waals surface area contributed by atoms with Crippen molar-refractivity contribution in [3.05, 3.63) is 59.4 Å². The molecule has 2 aromatic rings. The Bertz CT molecular complexity index is 1060. The average molecular weight is 435 g/mol. The molecule has 1 atom stereocenters. The van der Waals surface area contributed by atoms with Crippen molar-refractivity contribution in [2.45, 2.75) is 13.0 Å². The highest BCUT2D eigenvalue weighted by Gasteiger charge is 2.28. The number of carbonyl (C=O) groups is 2. The highest BCUT2D eigenvalue weighted by molar-refractivity contribution is 7.92. The molecule has 0 aromatic heterocycles. The SMILES string of the molecule is CC(=O)Nc1ccc(NS(C)(=O)=O)c(C(=O)N2CCOC(c3ccc(F)cc3)C2)c1. The predicted molar refractivity (Wildman–Crippen MR) is 110 cm³/mol. The Balaban J connectivity index is 1.89. The zero-order chi connectivity index (χ0) is 21.9. The molecule has 0 spiro atoms. The summed E-state index contributed by atoms with van der Waals surface area (Å²) >= 11 is 0. The Morgan fingerprint density at radius 1 is 1.17 bits per heavy atom. The number of sulfonamides is 1. The minimum Gasteiger partial charge on any atom is -0.370 e. The molecule has 10 heteroatoms. The molecule has 1 aliphatic rings. The van der Waals surface area contributed by atoms with Gasteiger partial charge >= 0.3 is 0 Å². The number of halogens is 1. The maximum atomic E-state index is 13.2. The van der Waals surface area contributed by atoms with Gasteiger partial charge in [0.25, 0.3) is 5.91 Å². The van der Waals surface area contributed by atoms with E-state index < -0.39 is 22.0 Å². The molecular weight excluding hydrogens is 413 g/mol. The van der Waals surface area contributed by atoms with Gasteiger partial charge < -0.3 is 15.0 Å². The number of amides is 2. The van der Waals surface area contributed by atoms with E-state index in [0.717, 1.165) is 11.8 Å². The number of carbonyl (C=O) groups excluding carboxylic acids is 2. The van der Waals surface area contributed by atoms with Crippen LogP contribution < -0.4 is 10.0 Å². The van der Waals surface area contributed by atoms with Gasteiger partial charge in [0.1, 0.15) is 11.9 Å². The van der Waals surface area contributed by atoms with Crippen molar-refractivity contribution in [1.29, 1.82) is 0 Å². The first-order valence-corrected chi connectivity index (χ1v) is 11.1. The second kappa shape index (κ2) is 8.80. The van der Waals surface area contributed by atoms with Gasteiger partial charge in [-0.15, -0.1) is 0 Å². The summed E-state index contributed by atoms with van der Waals surface area (Å²) in [4.78, 5) is 26.2. The fourth-order valence-electron chi connectivity index (χ4n) is 3.17. The van der Waals surface area contributed by atoms with Crippen LogP contribution in [0, 0.1) is 5.82 Å². The summed E-state index contributed by atoms with van der Waals surface area (Å²) in [5.74, 6) is -1.10. The third-order valence-electron chi connectivity index (χ3n) is 4.46. The monoisotopic (exact) mass is 435 g/mol. The lowest BCUT2D eigenvalue weighted by molar-refractivity contribution is -0.114. The number of hydrogen-bond acceptors (Lipinski definition) is 5. The predicted octanol–water partition coefficient (Wildman–Crippen LogP) is 2.37. The van der Waals surface area contributed by atoms with Gasteiger partial charge in [-0.1, -0.05) is 12.1 Å². The topological polar surface area (TPSA) is 105 Å². The first-order valence-electron chi connectivity index (χ1n) is 9.18. The van der Waals surface area contributed by atoms with E-state index in [0.29, 0.717) is 12.2 Å².